The van der Waals surface area contributed by atoms with E-state index in [1.54, 1.807) is 0 Å². The van der Waals surface area contributed by atoms with Gasteiger partial charge in [0, 0.05) is 10.9 Å². The van der Waals surface area contributed by atoms with Crippen molar-refractivity contribution in [2.45, 2.75) is 13.2 Å². The molecule has 0 amide bonds. The van der Waals surface area contributed by atoms with Crippen LogP contribution in [0.5, 0.6) is 11.5 Å². The largest absolute Gasteiger partial charge is 0.489 e. The zero-order valence-corrected chi connectivity index (χ0v) is 16.8. The number of hydrogen-bond acceptors (Lipinski definition) is 6. The fourth-order valence-electron chi connectivity index (χ4n) is 3.37. The van der Waals surface area contributed by atoms with E-state index in [-0.39, 0.29) is 0 Å². The summed E-state index contributed by atoms with van der Waals surface area (Å²) in [6.07, 6.45) is 0. The molecule has 152 valence electrons. The molecule has 1 aliphatic heterocycles. The van der Waals surface area contributed by atoms with Gasteiger partial charge in [-0.15, -0.1) is 5.10 Å². The molecule has 3 aromatic carbocycles. The third-order valence-electron chi connectivity index (χ3n) is 4.96. The third kappa shape index (κ3) is 4.59. The standard InChI is InChI=1S/C25H20N4O2/c1-2-10-24-19(6-1)11-12-21(27-24)17-31-22-8-3-5-18(13-22)16-30-23-9-4-7-20(14-23)25-15-26-29-28-25/h1-14H,15-17H2. The minimum atomic E-state index is 0.412. The highest BCUT2D eigenvalue weighted by atomic mass is 16.5. The van der Waals surface area contributed by atoms with Crippen LogP contribution in [-0.2, 0) is 13.2 Å². The van der Waals surface area contributed by atoms with Crippen LogP contribution < -0.4 is 9.47 Å². The highest BCUT2D eigenvalue weighted by Crippen LogP contribution is 2.20. The van der Waals surface area contributed by atoms with Crippen LogP contribution in [0, 0.1) is 0 Å². The number of benzene rings is 3. The normalized spacial score (nSPS) is 12.7. The maximum atomic E-state index is 5.97. The van der Waals surface area contributed by atoms with Crippen molar-refractivity contribution in [3.05, 3.63) is 102 Å². The number of fused-ring (bicyclic) bond motifs is 1. The predicted octanol–water partition coefficient (Wildman–Crippen LogP) is 5.56. The Kier molecular flexibility index (Phi) is 5.35. The Balaban J connectivity index is 1.21. The average Bonchev–Trinajstić information content (AvgIpc) is 3.37. The first kappa shape index (κ1) is 18.9. The molecule has 5 rings (SSSR count). The van der Waals surface area contributed by atoms with Crippen molar-refractivity contribution in [1.82, 2.24) is 4.98 Å². The second-order valence-corrected chi connectivity index (χ2v) is 7.18. The highest BCUT2D eigenvalue weighted by Gasteiger charge is 2.09. The second kappa shape index (κ2) is 8.75. The van der Waals surface area contributed by atoms with E-state index in [1.165, 1.54) is 0 Å². The van der Waals surface area contributed by atoms with Gasteiger partial charge in [-0.25, -0.2) is 4.98 Å². The number of nitrogens with zero attached hydrogens (tertiary/aromatic N) is 4. The van der Waals surface area contributed by atoms with E-state index in [0.717, 1.165) is 44.9 Å². The molecule has 1 aromatic heterocycles. The minimum absolute atomic E-state index is 0.412. The predicted molar refractivity (Wildman–Crippen MR) is 120 cm³/mol. The molecule has 0 atom stereocenters. The summed E-state index contributed by atoms with van der Waals surface area (Å²) < 4.78 is 11.9. The Morgan fingerprint density at radius 3 is 2.48 bits per heavy atom. The van der Waals surface area contributed by atoms with Crippen molar-refractivity contribution in [2.75, 3.05) is 6.54 Å². The molecule has 0 saturated heterocycles. The second-order valence-electron chi connectivity index (χ2n) is 7.18. The minimum Gasteiger partial charge on any atom is -0.489 e. The fourth-order valence-corrected chi connectivity index (χ4v) is 3.37. The smallest absolute Gasteiger partial charge is 0.130 e. The van der Waals surface area contributed by atoms with E-state index < -0.39 is 0 Å². The molecule has 0 aliphatic carbocycles. The SMILES string of the molecule is c1cc(COc2cccc(C3=NN=NC3)c2)cc(OCc2ccc3ccccc3n2)c1. The molecule has 6 nitrogen and oxygen atoms in total. The lowest BCUT2D eigenvalue weighted by Gasteiger charge is -2.10. The first-order chi connectivity index (χ1) is 15.3. The maximum Gasteiger partial charge on any atom is 0.130 e. The molecule has 0 bridgehead atoms. The van der Waals surface area contributed by atoms with Crippen LogP contribution in [-0.4, -0.2) is 17.2 Å². The van der Waals surface area contributed by atoms with Crippen molar-refractivity contribution in [3.8, 4) is 11.5 Å². The Hall–Kier alpha value is -4.06. The molecule has 6 heteroatoms. The van der Waals surface area contributed by atoms with Gasteiger partial charge < -0.3 is 9.47 Å². The average molecular weight is 408 g/mol. The van der Waals surface area contributed by atoms with Gasteiger partial charge in [0.15, 0.2) is 0 Å². The Morgan fingerprint density at radius 2 is 1.58 bits per heavy atom. The quantitative estimate of drug-likeness (QED) is 0.402. The summed E-state index contributed by atoms with van der Waals surface area (Å²) in [5, 5.41) is 12.7. The van der Waals surface area contributed by atoms with Gasteiger partial charge in [-0.1, -0.05) is 48.5 Å². The van der Waals surface area contributed by atoms with Gasteiger partial charge in [-0.05, 0) is 47.2 Å². The van der Waals surface area contributed by atoms with E-state index in [1.807, 2.05) is 72.8 Å². The maximum absolute atomic E-state index is 5.97. The van der Waals surface area contributed by atoms with Crippen LogP contribution in [0.4, 0.5) is 0 Å². The van der Waals surface area contributed by atoms with E-state index in [0.29, 0.717) is 19.8 Å². The van der Waals surface area contributed by atoms with Crippen LogP contribution in [0.15, 0.2) is 100 Å². The van der Waals surface area contributed by atoms with Gasteiger partial charge in [0.1, 0.15) is 31.3 Å². The molecule has 0 N–H and O–H groups in total. The molecule has 0 fully saturated rings. The van der Waals surface area contributed by atoms with Gasteiger partial charge in [-0.3, -0.25) is 0 Å². The van der Waals surface area contributed by atoms with Gasteiger partial charge in [0.25, 0.3) is 0 Å². The van der Waals surface area contributed by atoms with Crippen LogP contribution in [0.2, 0.25) is 0 Å². The summed E-state index contributed by atoms with van der Waals surface area (Å²) >= 11 is 0. The van der Waals surface area contributed by atoms with Gasteiger partial charge in [0.2, 0.25) is 0 Å². The molecule has 2 heterocycles. The van der Waals surface area contributed by atoms with Crippen molar-refractivity contribution in [1.29, 1.82) is 0 Å². The topological polar surface area (TPSA) is 68.4 Å². The number of aromatic nitrogens is 1. The van der Waals surface area contributed by atoms with Crippen molar-refractivity contribution >= 4 is 16.6 Å². The van der Waals surface area contributed by atoms with Crippen LogP contribution in [0.1, 0.15) is 16.8 Å². The Bertz CT molecular complexity index is 1280. The zero-order chi connectivity index (χ0) is 20.9. The highest BCUT2D eigenvalue weighted by molar-refractivity contribution is 6.02. The van der Waals surface area contributed by atoms with Crippen LogP contribution in [0.3, 0.4) is 0 Å². The summed E-state index contributed by atoms with van der Waals surface area (Å²) in [4.78, 5) is 4.66. The summed E-state index contributed by atoms with van der Waals surface area (Å²) in [6.45, 7) is 1.36. The summed E-state index contributed by atoms with van der Waals surface area (Å²) in [5.74, 6) is 1.56. The molecule has 4 aromatic rings. The lowest BCUT2D eigenvalue weighted by atomic mass is 10.1. The Labute approximate surface area is 179 Å². The number of pyridine rings is 1. The van der Waals surface area contributed by atoms with E-state index >= 15 is 0 Å². The molecule has 0 unspecified atom stereocenters. The first-order valence-corrected chi connectivity index (χ1v) is 10.1. The van der Waals surface area contributed by atoms with Gasteiger partial charge >= 0.3 is 0 Å². The van der Waals surface area contributed by atoms with E-state index in [9.17, 15) is 0 Å². The summed E-state index contributed by atoms with van der Waals surface area (Å²) in [6, 6.07) is 27.9. The first-order valence-electron chi connectivity index (χ1n) is 10.1. The number of rotatable bonds is 7. The molecule has 0 radical (unpaired) electrons. The van der Waals surface area contributed by atoms with Gasteiger partial charge in [0.05, 0.1) is 16.9 Å². The molecule has 0 spiro atoms. The molecule has 1 aliphatic rings. The van der Waals surface area contributed by atoms with Crippen molar-refractivity contribution < 1.29 is 9.47 Å². The fraction of sp³-hybridized carbons (Fsp3) is 0.120. The lowest BCUT2D eigenvalue weighted by molar-refractivity contribution is 0.293. The summed E-state index contributed by atoms with van der Waals surface area (Å²) in [5.41, 5.74) is 4.72. The molecule has 0 saturated carbocycles. The van der Waals surface area contributed by atoms with E-state index in [2.05, 4.69) is 32.6 Å². The number of ether oxygens (including phenoxy) is 2. The molecular weight excluding hydrogens is 388 g/mol. The lowest BCUT2D eigenvalue weighted by Crippen LogP contribution is -2.03. The number of para-hydroxylation sites is 1. The number of hydrogen-bond donors (Lipinski definition) is 0. The molecule has 31 heavy (non-hydrogen) atoms. The van der Waals surface area contributed by atoms with E-state index in [4.69, 9.17) is 9.47 Å². The third-order valence-corrected chi connectivity index (χ3v) is 4.96. The zero-order valence-electron chi connectivity index (χ0n) is 16.8. The Morgan fingerprint density at radius 1 is 0.742 bits per heavy atom. The monoisotopic (exact) mass is 408 g/mol. The van der Waals surface area contributed by atoms with Crippen molar-refractivity contribution in [2.24, 2.45) is 15.4 Å². The van der Waals surface area contributed by atoms with Crippen LogP contribution >= 0.6 is 0 Å². The summed E-state index contributed by atoms with van der Waals surface area (Å²) in [7, 11) is 0. The molecular formula is C25H20N4O2. The van der Waals surface area contributed by atoms with Crippen molar-refractivity contribution in [3.63, 3.8) is 0 Å². The van der Waals surface area contributed by atoms with Gasteiger partial charge in [-0.2, -0.15) is 5.11 Å². The van der Waals surface area contributed by atoms with Crippen LogP contribution in [0.25, 0.3) is 10.9 Å².